The predicted molar refractivity (Wildman–Crippen MR) is 143 cm³/mol. The molecule has 1 N–H and O–H groups in total. The average molecular weight is 539 g/mol. The van der Waals surface area contributed by atoms with Crippen molar-refractivity contribution in [2.75, 3.05) is 30.1 Å². The van der Waals surface area contributed by atoms with E-state index < -0.39 is 26.4 Å². The normalized spacial score (nSPS) is 20.1. The lowest BCUT2D eigenvalue weighted by molar-refractivity contribution is -0.139. The minimum atomic E-state index is -3.86. The van der Waals surface area contributed by atoms with Crippen LogP contribution in [0.4, 0.5) is 11.4 Å². The van der Waals surface area contributed by atoms with Crippen LogP contribution in [0.2, 0.25) is 0 Å². The van der Waals surface area contributed by atoms with E-state index in [2.05, 4.69) is 11.6 Å². The number of carbonyl (C=O) groups is 1. The molecule has 1 aliphatic heterocycles. The van der Waals surface area contributed by atoms with E-state index in [0.717, 1.165) is 18.5 Å². The van der Waals surface area contributed by atoms with Gasteiger partial charge in [0.25, 0.3) is 0 Å². The number of anilines is 2. The topological polar surface area (TPSA) is 92.8 Å². The molecule has 0 aromatic heterocycles. The number of para-hydroxylation sites is 1. The van der Waals surface area contributed by atoms with Gasteiger partial charge in [-0.25, -0.2) is 13.1 Å². The van der Waals surface area contributed by atoms with Gasteiger partial charge in [0.15, 0.2) is 0 Å². The number of benzene rings is 2. The number of thioether (sulfide) groups is 1. The summed E-state index contributed by atoms with van der Waals surface area (Å²) in [6.07, 6.45) is 4.12. The SMILES string of the molecule is CCCCC1(C)CN(c2ccccc2)c2cc(S(C)=O)c(CSCC(=O)OCC)cc2S(=O)(=O)N1. The summed E-state index contributed by atoms with van der Waals surface area (Å²) in [7, 11) is -5.22. The Labute approximate surface area is 215 Å². The van der Waals surface area contributed by atoms with E-state index in [9.17, 15) is 17.4 Å². The van der Waals surface area contributed by atoms with Gasteiger partial charge >= 0.3 is 5.97 Å². The Hall–Kier alpha value is -1.88. The van der Waals surface area contributed by atoms with Crippen molar-refractivity contribution in [2.45, 2.75) is 61.1 Å². The Balaban J connectivity index is 2.13. The Kier molecular flexibility index (Phi) is 9.42. The molecule has 0 amide bonds. The molecule has 0 bridgehead atoms. The zero-order chi connectivity index (χ0) is 25.6. The molecule has 3 rings (SSSR count). The van der Waals surface area contributed by atoms with Crippen LogP contribution < -0.4 is 9.62 Å². The third-order valence-electron chi connectivity index (χ3n) is 5.85. The highest BCUT2D eigenvalue weighted by molar-refractivity contribution is 7.99. The molecule has 0 saturated heterocycles. The Morgan fingerprint density at radius 1 is 1.23 bits per heavy atom. The van der Waals surface area contributed by atoms with Gasteiger partial charge in [-0.1, -0.05) is 38.0 Å². The van der Waals surface area contributed by atoms with Crippen molar-refractivity contribution in [3.8, 4) is 0 Å². The number of nitrogens with zero attached hydrogens (tertiary/aromatic N) is 1. The first-order valence-electron chi connectivity index (χ1n) is 11.7. The van der Waals surface area contributed by atoms with Crippen LogP contribution in [0.5, 0.6) is 0 Å². The van der Waals surface area contributed by atoms with Gasteiger partial charge in [0, 0.05) is 34.7 Å². The van der Waals surface area contributed by atoms with Crippen molar-refractivity contribution < 1.29 is 22.2 Å². The fourth-order valence-corrected chi connectivity index (χ4v) is 7.57. The molecule has 2 atom stereocenters. The summed E-state index contributed by atoms with van der Waals surface area (Å²) in [6.45, 7) is 6.52. The first-order chi connectivity index (χ1) is 16.6. The maximum atomic E-state index is 13.7. The van der Waals surface area contributed by atoms with Crippen LogP contribution >= 0.6 is 11.8 Å². The summed E-state index contributed by atoms with van der Waals surface area (Å²) < 4.78 is 48.0. The third kappa shape index (κ3) is 6.87. The van der Waals surface area contributed by atoms with Crippen molar-refractivity contribution in [1.82, 2.24) is 4.72 Å². The zero-order valence-corrected chi connectivity index (χ0v) is 23.2. The average Bonchev–Trinajstić information content (AvgIpc) is 2.89. The number of ether oxygens (including phenoxy) is 1. The number of esters is 1. The second-order valence-electron chi connectivity index (χ2n) is 8.87. The molecular weight excluding hydrogens is 504 g/mol. The van der Waals surface area contributed by atoms with E-state index in [1.807, 2.05) is 42.2 Å². The van der Waals surface area contributed by atoms with Crippen molar-refractivity contribution in [1.29, 1.82) is 0 Å². The molecule has 0 spiro atoms. The quantitative estimate of drug-likeness (QED) is 0.442. The lowest BCUT2D eigenvalue weighted by Crippen LogP contribution is -2.50. The molecule has 0 radical (unpaired) electrons. The summed E-state index contributed by atoms with van der Waals surface area (Å²) in [5.41, 5.74) is 1.32. The minimum absolute atomic E-state index is 0.136. The molecule has 2 aromatic rings. The Morgan fingerprint density at radius 2 is 1.94 bits per heavy atom. The molecule has 1 aliphatic rings. The molecule has 7 nitrogen and oxygen atoms in total. The first kappa shape index (κ1) is 27.7. The summed E-state index contributed by atoms with van der Waals surface area (Å²) in [6, 6.07) is 13.0. The second-order valence-corrected chi connectivity index (χ2v) is 12.9. The molecule has 2 unspecified atom stereocenters. The third-order valence-corrected chi connectivity index (χ3v) is 9.47. The predicted octanol–water partition coefficient (Wildman–Crippen LogP) is 4.60. The second kappa shape index (κ2) is 11.9. The van der Waals surface area contributed by atoms with Crippen LogP contribution in [0, 0.1) is 0 Å². The molecule has 192 valence electrons. The van der Waals surface area contributed by atoms with E-state index in [4.69, 9.17) is 4.74 Å². The van der Waals surface area contributed by atoms with Gasteiger partial charge in [0.05, 0.1) is 28.8 Å². The largest absolute Gasteiger partial charge is 0.465 e. The number of rotatable bonds is 10. The number of nitrogens with one attached hydrogen (secondary N) is 1. The summed E-state index contributed by atoms with van der Waals surface area (Å²) in [5, 5.41) is 0. The van der Waals surface area contributed by atoms with Gasteiger partial charge in [0.2, 0.25) is 10.0 Å². The zero-order valence-electron chi connectivity index (χ0n) is 20.7. The van der Waals surface area contributed by atoms with Crippen LogP contribution in [-0.4, -0.2) is 49.3 Å². The lowest BCUT2D eigenvalue weighted by Gasteiger charge is -2.34. The number of fused-ring (bicyclic) bond motifs is 1. The van der Waals surface area contributed by atoms with E-state index >= 15 is 0 Å². The number of hydrogen-bond acceptors (Lipinski definition) is 7. The van der Waals surface area contributed by atoms with Gasteiger partial charge < -0.3 is 9.64 Å². The molecule has 10 heteroatoms. The van der Waals surface area contributed by atoms with Crippen molar-refractivity contribution in [2.24, 2.45) is 0 Å². The van der Waals surface area contributed by atoms with Crippen LogP contribution in [0.1, 0.15) is 45.6 Å². The molecule has 2 aromatic carbocycles. The van der Waals surface area contributed by atoms with E-state index in [1.54, 1.807) is 25.3 Å². The number of unbranched alkanes of at least 4 members (excludes halogenated alkanes) is 1. The van der Waals surface area contributed by atoms with Gasteiger partial charge in [-0.2, -0.15) is 0 Å². The van der Waals surface area contributed by atoms with Gasteiger partial charge in [-0.3, -0.25) is 9.00 Å². The molecule has 0 saturated carbocycles. The van der Waals surface area contributed by atoms with E-state index in [0.29, 0.717) is 41.5 Å². The monoisotopic (exact) mass is 538 g/mol. The molecular formula is C25H34N2O5S3. The van der Waals surface area contributed by atoms with Gasteiger partial charge in [-0.05, 0) is 50.1 Å². The maximum absolute atomic E-state index is 13.7. The van der Waals surface area contributed by atoms with Crippen LogP contribution in [0.3, 0.4) is 0 Å². The lowest BCUT2D eigenvalue weighted by atomic mass is 9.95. The Morgan fingerprint density at radius 3 is 2.57 bits per heavy atom. The van der Waals surface area contributed by atoms with Gasteiger partial charge in [-0.15, -0.1) is 11.8 Å². The summed E-state index contributed by atoms with van der Waals surface area (Å²) in [4.78, 5) is 14.5. The van der Waals surface area contributed by atoms with E-state index in [1.165, 1.54) is 11.8 Å². The minimum Gasteiger partial charge on any atom is -0.465 e. The highest BCUT2D eigenvalue weighted by atomic mass is 32.2. The standard InChI is InChI=1S/C25H34N2O5S3/c1-5-7-13-25(3)18-27(20-11-9-8-10-12-20)21-15-22(34(4)29)19(14-23(21)35(30,31)26-25)16-33-17-24(28)32-6-2/h8-12,14-15,26H,5-7,13,16-18H2,1-4H3. The highest BCUT2D eigenvalue weighted by Gasteiger charge is 2.39. The van der Waals surface area contributed by atoms with E-state index in [-0.39, 0.29) is 16.6 Å². The molecule has 1 heterocycles. The fourth-order valence-electron chi connectivity index (χ4n) is 4.23. The van der Waals surface area contributed by atoms with Crippen molar-refractivity contribution in [3.63, 3.8) is 0 Å². The number of hydrogen-bond donors (Lipinski definition) is 1. The molecule has 0 aliphatic carbocycles. The maximum Gasteiger partial charge on any atom is 0.315 e. The fraction of sp³-hybridized carbons (Fsp3) is 0.480. The molecule has 0 fully saturated rings. The van der Waals surface area contributed by atoms with Gasteiger partial charge in [0.1, 0.15) is 4.90 Å². The summed E-state index contributed by atoms with van der Waals surface area (Å²) in [5.74, 6) is 0.147. The smallest absolute Gasteiger partial charge is 0.315 e. The van der Waals surface area contributed by atoms with Crippen LogP contribution in [-0.2, 0) is 36.1 Å². The summed E-state index contributed by atoms with van der Waals surface area (Å²) >= 11 is 1.31. The van der Waals surface area contributed by atoms with Crippen molar-refractivity contribution in [3.05, 3.63) is 48.0 Å². The number of carbonyl (C=O) groups excluding carboxylic acids is 1. The number of sulfonamides is 1. The van der Waals surface area contributed by atoms with Crippen LogP contribution in [0.25, 0.3) is 0 Å². The van der Waals surface area contributed by atoms with Crippen molar-refractivity contribution >= 4 is 49.9 Å². The van der Waals surface area contributed by atoms with Crippen LogP contribution in [0.15, 0.2) is 52.3 Å². The first-order valence-corrected chi connectivity index (χ1v) is 15.9. The Bertz CT molecular complexity index is 1170. The highest BCUT2D eigenvalue weighted by Crippen LogP contribution is 2.40. The molecule has 35 heavy (non-hydrogen) atoms.